The highest BCUT2D eigenvalue weighted by Crippen LogP contribution is 2.51. The molecular weight excluding hydrogens is 649 g/mol. The monoisotopic (exact) mass is 680 g/mol. The first-order valence-corrected chi connectivity index (χ1v) is 18.0. The summed E-state index contributed by atoms with van der Waals surface area (Å²) in [4.78, 5) is 14.9. The number of nitrogens with zero attached hydrogens (tertiary/aromatic N) is 4. The first kappa shape index (κ1) is 29.8. The van der Waals surface area contributed by atoms with Crippen LogP contribution in [0.15, 0.2) is 162 Å². The number of rotatable bonds is 4. The molecule has 7 aromatic carbocycles. The normalized spacial score (nSPS) is 13.2. The summed E-state index contributed by atoms with van der Waals surface area (Å²) in [5.41, 5.74) is 13.0. The predicted octanol–water partition coefficient (Wildman–Crippen LogP) is 12.2. The van der Waals surface area contributed by atoms with Crippen molar-refractivity contribution in [2.45, 2.75) is 19.3 Å². The van der Waals surface area contributed by atoms with Gasteiger partial charge in [-0.05, 0) is 64.7 Å². The summed E-state index contributed by atoms with van der Waals surface area (Å²) in [5.74, 6) is 1.81. The lowest BCUT2D eigenvalue weighted by Crippen LogP contribution is -2.14. The van der Waals surface area contributed by atoms with Crippen LogP contribution in [0.2, 0.25) is 0 Å². The van der Waals surface area contributed by atoms with Crippen molar-refractivity contribution >= 4 is 43.7 Å². The lowest BCUT2D eigenvalue weighted by molar-refractivity contribution is 0.661. The zero-order chi connectivity index (χ0) is 35.3. The maximum absolute atomic E-state index is 6.69. The van der Waals surface area contributed by atoms with Crippen LogP contribution < -0.4 is 0 Å². The molecule has 0 saturated carbocycles. The Labute approximate surface area is 305 Å². The fourth-order valence-electron chi connectivity index (χ4n) is 8.47. The highest BCUT2D eigenvalue weighted by atomic mass is 16.3. The molecule has 5 nitrogen and oxygen atoms in total. The van der Waals surface area contributed by atoms with Crippen molar-refractivity contribution in [3.8, 4) is 51.0 Å². The molecule has 0 amide bonds. The molecule has 0 radical (unpaired) electrons. The molecule has 0 aliphatic heterocycles. The van der Waals surface area contributed by atoms with Gasteiger partial charge in [-0.2, -0.15) is 0 Å². The third-order valence-corrected chi connectivity index (χ3v) is 11.1. The van der Waals surface area contributed by atoms with Gasteiger partial charge in [0.25, 0.3) is 0 Å². The molecular formula is C48H32N4O. The molecule has 53 heavy (non-hydrogen) atoms. The van der Waals surface area contributed by atoms with Crippen LogP contribution >= 0.6 is 0 Å². The number of benzene rings is 7. The van der Waals surface area contributed by atoms with Gasteiger partial charge in [-0.1, -0.05) is 129 Å². The number of fused-ring (bicyclic) bond motifs is 9. The Kier molecular flexibility index (Phi) is 6.23. The van der Waals surface area contributed by atoms with E-state index in [0.717, 1.165) is 44.3 Å². The van der Waals surface area contributed by atoms with Crippen LogP contribution in [0.4, 0.5) is 0 Å². The lowest BCUT2D eigenvalue weighted by Gasteiger charge is -2.21. The summed E-state index contributed by atoms with van der Waals surface area (Å²) in [6, 6.07) is 55.3. The minimum Gasteiger partial charge on any atom is -0.455 e. The van der Waals surface area contributed by atoms with Gasteiger partial charge in [0.1, 0.15) is 11.2 Å². The number of para-hydroxylation sites is 2. The molecule has 250 valence electrons. The molecule has 0 saturated heterocycles. The van der Waals surface area contributed by atoms with Crippen LogP contribution in [0.1, 0.15) is 25.0 Å². The number of furan rings is 1. The molecule has 0 N–H and O–H groups in total. The van der Waals surface area contributed by atoms with Crippen molar-refractivity contribution in [3.05, 3.63) is 169 Å². The Morgan fingerprint density at radius 3 is 1.87 bits per heavy atom. The van der Waals surface area contributed by atoms with Crippen LogP contribution in [-0.2, 0) is 5.41 Å². The molecule has 11 rings (SSSR count). The Bertz CT molecular complexity index is 3020. The molecule has 1 aliphatic carbocycles. The predicted molar refractivity (Wildman–Crippen MR) is 215 cm³/mol. The number of aromatic nitrogens is 4. The third-order valence-electron chi connectivity index (χ3n) is 11.1. The van der Waals surface area contributed by atoms with E-state index < -0.39 is 0 Å². The molecule has 3 heterocycles. The van der Waals surface area contributed by atoms with E-state index in [-0.39, 0.29) is 5.41 Å². The molecule has 5 heteroatoms. The van der Waals surface area contributed by atoms with Gasteiger partial charge < -0.3 is 8.98 Å². The summed E-state index contributed by atoms with van der Waals surface area (Å²) < 4.78 is 9.10. The van der Waals surface area contributed by atoms with Crippen LogP contribution in [-0.4, -0.2) is 19.5 Å². The first-order valence-electron chi connectivity index (χ1n) is 18.0. The molecule has 0 bridgehead atoms. The van der Waals surface area contributed by atoms with Crippen molar-refractivity contribution in [3.63, 3.8) is 0 Å². The van der Waals surface area contributed by atoms with Gasteiger partial charge in [0.05, 0.1) is 16.6 Å². The maximum atomic E-state index is 6.69. The van der Waals surface area contributed by atoms with Gasteiger partial charge in [0.15, 0.2) is 17.5 Å². The zero-order valence-corrected chi connectivity index (χ0v) is 29.2. The molecule has 3 aromatic heterocycles. The quantitative estimate of drug-likeness (QED) is 0.186. The van der Waals surface area contributed by atoms with Crippen LogP contribution in [0.5, 0.6) is 0 Å². The molecule has 0 atom stereocenters. The Balaban J connectivity index is 1.12. The van der Waals surface area contributed by atoms with Gasteiger partial charge in [-0.25, -0.2) is 15.0 Å². The second-order valence-electron chi connectivity index (χ2n) is 14.4. The summed E-state index contributed by atoms with van der Waals surface area (Å²) >= 11 is 0. The molecule has 10 aromatic rings. The lowest BCUT2D eigenvalue weighted by atomic mass is 9.82. The van der Waals surface area contributed by atoms with E-state index in [4.69, 9.17) is 19.4 Å². The smallest absolute Gasteiger partial charge is 0.167 e. The Morgan fingerprint density at radius 1 is 0.453 bits per heavy atom. The Morgan fingerprint density at radius 2 is 1.09 bits per heavy atom. The van der Waals surface area contributed by atoms with E-state index in [0.29, 0.717) is 17.5 Å². The van der Waals surface area contributed by atoms with Crippen molar-refractivity contribution in [1.29, 1.82) is 0 Å². The average Bonchev–Trinajstić information content (AvgIpc) is 3.82. The number of hydrogen-bond donors (Lipinski definition) is 0. The van der Waals surface area contributed by atoms with Crippen LogP contribution in [0.25, 0.3) is 94.7 Å². The fourth-order valence-corrected chi connectivity index (χ4v) is 8.47. The summed E-state index contributed by atoms with van der Waals surface area (Å²) in [6.07, 6.45) is 0. The second kappa shape index (κ2) is 11.1. The summed E-state index contributed by atoms with van der Waals surface area (Å²) in [6.45, 7) is 4.69. The Hall–Kier alpha value is -6.85. The van der Waals surface area contributed by atoms with Crippen molar-refractivity contribution in [1.82, 2.24) is 19.5 Å². The molecule has 0 spiro atoms. The van der Waals surface area contributed by atoms with Crippen LogP contribution in [0, 0.1) is 0 Å². The largest absolute Gasteiger partial charge is 0.455 e. The van der Waals surface area contributed by atoms with Crippen LogP contribution in [0.3, 0.4) is 0 Å². The highest BCUT2D eigenvalue weighted by Gasteiger charge is 2.36. The minimum atomic E-state index is -0.0989. The van der Waals surface area contributed by atoms with Gasteiger partial charge in [-0.15, -0.1) is 0 Å². The van der Waals surface area contributed by atoms with Gasteiger partial charge in [0.2, 0.25) is 0 Å². The second-order valence-corrected chi connectivity index (χ2v) is 14.4. The number of hydrogen-bond acceptors (Lipinski definition) is 4. The van der Waals surface area contributed by atoms with E-state index in [1.807, 2.05) is 66.7 Å². The van der Waals surface area contributed by atoms with E-state index in [1.54, 1.807) is 0 Å². The van der Waals surface area contributed by atoms with E-state index in [9.17, 15) is 0 Å². The minimum absolute atomic E-state index is 0.0989. The average molecular weight is 681 g/mol. The first-order chi connectivity index (χ1) is 26.0. The maximum Gasteiger partial charge on any atom is 0.167 e. The third kappa shape index (κ3) is 4.40. The van der Waals surface area contributed by atoms with Crippen molar-refractivity contribution in [2.75, 3.05) is 0 Å². The zero-order valence-electron chi connectivity index (χ0n) is 29.2. The molecule has 0 fully saturated rings. The van der Waals surface area contributed by atoms with Crippen molar-refractivity contribution < 1.29 is 4.42 Å². The SMILES string of the molecule is CC1(C)c2ccccc2-c2cc3c4ccccc4n(-c4ccc5oc6c(-c7nc(-c8ccccc8)nc(-c8ccccc8)n7)cccc6c5c4)c3cc21. The fraction of sp³-hybridized carbons (Fsp3) is 0.0625. The molecule has 1 aliphatic rings. The van der Waals surface area contributed by atoms with E-state index >= 15 is 0 Å². The highest BCUT2D eigenvalue weighted by molar-refractivity contribution is 6.13. The molecule has 0 unspecified atom stereocenters. The van der Waals surface area contributed by atoms with Gasteiger partial charge in [0, 0.05) is 43.8 Å². The van der Waals surface area contributed by atoms with Gasteiger partial charge >= 0.3 is 0 Å². The summed E-state index contributed by atoms with van der Waals surface area (Å²) in [7, 11) is 0. The van der Waals surface area contributed by atoms with E-state index in [2.05, 4.69) is 109 Å². The standard InChI is InChI=1S/C48H32N4O/c1-48(2)39-22-11-9-18-32(39)36-27-37-33-19-10-12-23-41(33)52(42(37)28-40(36)48)31-24-25-43-38(26-31)34-20-13-21-35(44(34)53-43)47-50-45(29-14-5-3-6-15-29)49-46(51-47)30-16-7-4-8-17-30/h3-28H,1-2H3. The van der Waals surface area contributed by atoms with Gasteiger partial charge in [-0.3, -0.25) is 0 Å². The van der Waals surface area contributed by atoms with E-state index in [1.165, 1.54) is 44.1 Å². The summed E-state index contributed by atoms with van der Waals surface area (Å²) in [5, 5.41) is 4.55. The van der Waals surface area contributed by atoms with Crippen molar-refractivity contribution in [2.24, 2.45) is 0 Å². The topological polar surface area (TPSA) is 56.7 Å².